The van der Waals surface area contributed by atoms with Crippen LogP contribution >= 0.6 is 35.0 Å². The lowest BCUT2D eigenvalue weighted by molar-refractivity contribution is -0.118. The summed E-state index contributed by atoms with van der Waals surface area (Å²) in [5.74, 6) is 0.180. The first-order valence-corrected chi connectivity index (χ1v) is 9.59. The van der Waals surface area contributed by atoms with Crippen molar-refractivity contribution in [1.29, 1.82) is 0 Å². The zero-order valence-electron chi connectivity index (χ0n) is 14.7. The van der Waals surface area contributed by atoms with Crippen molar-refractivity contribution in [2.75, 3.05) is 12.3 Å². The molecular weight excluding hydrogens is 377 g/mol. The second-order valence-electron chi connectivity index (χ2n) is 6.48. The lowest BCUT2D eigenvalue weighted by Gasteiger charge is -2.27. The lowest BCUT2D eigenvalue weighted by Crippen LogP contribution is -2.38. The van der Waals surface area contributed by atoms with Crippen LogP contribution in [0.5, 0.6) is 0 Å². The fraction of sp³-hybridized carbons (Fsp3) is 0.389. The van der Waals surface area contributed by atoms with E-state index in [0.717, 1.165) is 17.0 Å². The first kappa shape index (κ1) is 20.0. The Morgan fingerprint density at radius 2 is 1.72 bits per heavy atom. The first-order chi connectivity index (χ1) is 11.7. The topological polar surface area (TPSA) is 54.9 Å². The summed E-state index contributed by atoms with van der Waals surface area (Å²) in [6, 6.07) is 7.32. The second-order valence-corrected chi connectivity index (χ2v) is 8.24. The van der Waals surface area contributed by atoms with Gasteiger partial charge in [0.2, 0.25) is 5.91 Å². The Kier molecular flexibility index (Phi) is 6.72. The molecule has 0 saturated heterocycles. The first-order valence-electron chi connectivity index (χ1n) is 7.85. The monoisotopic (exact) mass is 397 g/mol. The van der Waals surface area contributed by atoms with E-state index in [-0.39, 0.29) is 17.1 Å². The van der Waals surface area contributed by atoms with Gasteiger partial charge >= 0.3 is 0 Å². The number of nitrogens with one attached hydrogen (secondary N) is 1. The maximum atomic E-state index is 12.2. The minimum atomic E-state index is -0.383. The van der Waals surface area contributed by atoms with E-state index in [1.165, 1.54) is 11.8 Å². The van der Waals surface area contributed by atoms with E-state index >= 15 is 0 Å². The van der Waals surface area contributed by atoms with Crippen molar-refractivity contribution in [3.8, 4) is 0 Å². The number of aryl methyl sites for hydroxylation is 2. The third-order valence-electron chi connectivity index (χ3n) is 3.66. The molecule has 2 rings (SSSR count). The molecule has 1 aromatic heterocycles. The number of thioether (sulfide) groups is 1. The van der Waals surface area contributed by atoms with Crippen LogP contribution in [0.1, 0.15) is 30.8 Å². The number of rotatable bonds is 6. The lowest BCUT2D eigenvalue weighted by atomic mass is 9.84. The van der Waals surface area contributed by atoms with Gasteiger partial charge in [-0.3, -0.25) is 4.79 Å². The molecule has 1 heterocycles. The molecule has 1 N–H and O–H groups in total. The fourth-order valence-electron chi connectivity index (χ4n) is 2.49. The van der Waals surface area contributed by atoms with Crippen LogP contribution in [0.25, 0.3) is 0 Å². The normalized spacial score (nSPS) is 11.4. The molecule has 0 radical (unpaired) electrons. The number of benzene rings is 1. The van der Waals surface area contributed by atoms with E-state index in [2.05, 4.69) is 15.3 Å². The van der Waals surface area contributed by atoms with Gasteiger partial charge in [-0.2, -0.15) is 0 Å². The van der Waals surface area contributed by atoms with Gasteiger partial charge in [0, 0.05) is 33.4 Å². The molecule has 4 nitrogen and oxygen atoms in total. The third-order valence-corrected chi connectivity index (χ3v) is 5.14. The summed E-state index contributed by atoms with van der Waals surface area (Å²) in [5.41, 5.74) is 2.24. The highest BCUT2D eigenvalue weighted by Gasteiger charge is 2.26. The van der Waals surface area contributed by atoms with E-state index in [0.29, 0.717) is 21.7 Å². The zero-order chi connectivity index (χ0) is 18.6. The van der Waals surface area contributed by atoms with Crippen LogP contribution in [-0.4, -0.2) is 28.2 Å². The summed E-state index contributed by atoms with van der Waals surface area (Å²) >= 11 is 13.9. The number of nitrogens with zero attached hydrogens (tertiary/aromatic N) is 2. The molecule has 7 heteroatoms. The van der Waals surface area contributed by atoms with Crippen LogP contribution in [0.2, 0.25) is 10.0 Å². The SMILES string of the molecule is Cc1cc(C)nc(SCC(=O)NCC(C)(C)c2c(Cl)cccc2Cl)n1. The molecule has 0 saturated carbocycles. The molecule has 1 aromatic carbocycles. The van der Waals surface area contributed by atoms with Gasteiger partial charge in [0.05, 0.1) is 5.75 Å². The van der Waals surface area contributed by atoms with Gasteiger partial charge in [-0.1, -0.05) is 54.9 Å². The van der Waals surface area contributed by atoms with Crippen molar-refractivity contribution in [2.45, 2.75) is 38.3 Å². The molecule has 0 aliphatic rings. The average molecular weight is 398 g/mol. The molecule has 1 amide bonds. The number of hydrogen-bond acceptors (Lipinski definition) is 4. The number of aromatic nitrogens is 2. The summed E-state index contributed by atoms with van der Waals surface area (Å²) in [4.78, 5) is 20.8. The molecule has 0 atom stereocenters. The number of hydrogen-bond donors (Lipinski definition) is 1. The van der Waals surface area contributed by atoms with Gasteiger partial charge in [0.1, 0.15) is 0 Å². The highest BCUT2D eigenvalue weighted by Crippen LogP contribution is 2.35. The Bertz CT molecular complexity index is 740. The van der Waals surface area contributed by atoms with Gasteiger partial charge in [-0.15, -0.1) is 0 Å². The number of carbonyl (C=O) groups is 1. The number of carbonyl (C=O) groups excluding carboxylic acids is 1. The molecule has 134 valence electrons. The maximum Gasteiger partial charge on any atom is 0.230 e. The van der Waals surface area contributed by atoms with Crippen molar-refractivity contribution in [1.82, 2.24) is 15.3 Å². The fourth-order valence-corrected chi connectivity index (χ4v) is 4.18. The Morgan fingerprint density at radius 1 is 1.16 bits per heavy atom. The van der Waals surface area contributed by atoms with Crippen molar-refractivity contribution in [3.63, 3.8) is 0 Å². The summed E-state index contributed by atoms with van der Waals surface area (Å²) in [7, 11) is 0. The number of amides is 1. The van der Waals surface area contributed by atoms with E-state index in [9.17, 15) is 4.79 Å². The maximum absolute atomic E-state index is 12.2. The second kappa shape index (κ2) is 8.39. The Hall–Kier alpha value is -1.30. The van der Waals surface area contributed by atoms with Crippen LogP contribution in [0.4, 0.5) is 0 Å². The predicted molar refractivity (Wildman–Crippen MR) is 105 cm³/mol. The molecule has 0 spiro atoms. The highest BCUT2D eigenvalue weighted by atomic mass is 35.5. The molecule has 0 aliphatic carbocycles. The zero-order valence-corrected chi connectivity index (χ0v) is 17.0. The summed E-state index contributed by atoms with van der Waals surface area (Å²) in [6.07, 6.45) is 0. The van der Waals surface area contributed by atoms with Gasteiger partial charge in [-0.25, -0.2) is 9.97 Å². The molecule has 0 fully saturated rings. The molecular formula is C18H21Cl2N3OS. The van der Waals surface area contributed by atoms with Crippen LogP contribution < -0.4 is 5.32 Å². The van der Waals surface area contributed by atoms with Crippen LogP contribution in [-0.2, 0) is 10.2 Å². The Morgan fingerprint density at radius 3 is 2.28 bits per heavy atom. The van der Waals surface area contributed by atoms with Crippen LogP contribution in [0, 0.1) is 13.8 Å². The van der Waals surface area contributed by atoms with Crippen molar-refractivity contribution < 1.29 is 4.79 Å². The van der Waals surface area contributed by atoms with E-state index in [1.807, 2.05) is 39.8 Å². The largest absolute Gasteiger partial charge is 0.354 e. The van der Waals surface area contributed by atoms with Crippen LogP contribution in [0.15, 0.2) is 29.4 Å². The minimum absolute atomic E-state index is 0.0796. The summed E-state index contributed by atoms with van der Waals surface area (Å²) < 4.78 is 0. The summed E-state index contributed by atoms with van der Waals surface area (Å²) in [5, 5.41) is 4.76. The van der Waals surface area contributed by atoms with Gasteiger partial charge < -0.3 is 5.32 Å². The molecule has 0 unspecified atom stereocenters. The quantitative estimate of drug-likeness (QED) is 0.571. The smallest absolute Gasteiger partial charge is 0.230 e. The number of halogens is 2. The Balaban J connectivity index is 1.95. The molecule has 25 heavy (non-hydrogen) atoms. The standard InChI is InChI=1S/C18H21Cl2N3OS/c1-11-8-12(2)23-17(22-11)25-9-15(24)21-10-18(3,4)16-13(19)6-5-7-14(16)20/h5-8H,9-10H2,1-4H3,(H,21,24). The van der Waals surface area contributed by atoms with Gasteiger partial charge in [-0.05, 0) is 37.6 Å². The molecule has 0 aliphatic heterocycles. The van der Waals surface area contributed by atoms with E-state index in [4.69, 9.17) is 23.2 Å². The minimum Gasteiger partial charge on any atom is -0.354 e. The van der Waals surface area contributed by atoms with Crippen molar-refractivity contribution >= 4 is 40.9 Å². The third kappa shape index (κ3) is 5.59. The van der Waals surface area contributed by atoms with Gasteiger partial charge in [0.15, 0.2) is 5.16 Å². The summed E-state index contributed by atoms with van der Waals surface area (Å²) in [6.45, 7) is 8.26. The predicted octanol–water partition coefficient (Wildman–Crippen LogP) is 4.59. The van der Waals surface area contributed by atoms with E-state index in [1.54, 1.807) is 12.1 Å². The van der Waals surface area contributed by atoms with Crippen LogP contribution in [0.3, 0.4) is 0 Å². The molecule has 2 aromatic rings. The van der Waals surface area contributed by atoms with Gasteiger partial charge in [0.25, 0.3) is 0 Å². The highest BCUT2D eigenvalue weighted by molar-refractivity contribution is 7.99. The van der Waals surface area contributed by atoms with E-state index < -0.39 is 0 Å². The molecule has 0 bridgehead atoms. The average Bonchev–Trinajstić information content (AvgIpc) is 2.50. The van der Waals surface area contributed by atoms with Crippen molar-refractivity contribution in [3.05, 3.63) is 51.3 Å². The van der Waals surface area contributed by atoms with Crippen molar-refractivity contribution in [2.24, 2.45) is 0 Å². The Labute approximate surface area is 162 Å².